The Morgan fingerprint density at radius 2 is 2.38 bits per heavy atom. The van der Waals surface area contributed by atoms with Gasteiger partial charge in [-0.05, 0) is 18.9 Å². The quantitative estimate of drug-likeness (QED) is 0.887. The highest BCUT2D eigenvalue weighted by atomic mass is 32.1. The SMILES string of the molecule is COCc1cccc2sc(NC(=O)N3CCOCC3C3CCCO3)nc12. The van der Waals surface area contributed by atoms with E-state index in [0.717, 1.165) is 35.2 Å². The number of carbonyl (C=O) groups excluding carboxylic acids is 1. The molecule has 1 aromatic carbocycles. The Morgan fingerprint density at radius 3 is 3.19 bits per heavy atom. The molecule has 2 fully saturated rings. The van der Waals surface area contributed by atoms with Crippen LogP contribution >= 0.6 is 11.3 Å². The minimum Gasteiger partial charge on any atom is -0.380 e. The number of fused-ring (bicyclic) bond motifs is 1. The highest BCUT2D eigenvalue weighted by Gasteiger charge is 2.36. The van der Waals surface area contributed by atoms with Gasteiger partial charge in [-0.15, -0.1) is 0 Å². The molecule has 2 aliphatic rings. The average molecular weight is 377 g/mol. The third-order valence-corrected chi connectivity index (χ3v) is 5.77. The van der Waals surface area contributed by atoms with Crippen LogP contribution < -0.4 is 5.32 Å². The topological polar surface area (TPSA) is 72.9 Å². The summed E-state index contributed by atoms with van der Waals surface area (Å²) in [5, 5.41) is 3.57. The molecule has 1 N–H and O–H groups in total. The zero-order valence-electron chi connectivity index (χ0n) is 14.8. The summed E-state index contributed by atoms with van der Waals surface area (Å²) >= 11 is 1.48. The van der Waals surface area contributed by atoms with Gasteiger partial charge in [-0.1, -0.05) is 23.5 Å². The maximum Gasteiger partial charge on any atom is 0.324 e. The van der Waals surface area contributed by atoms with E-state index in [0.29, 0.717) is 31.5 Å². The minimum absolute atomic E-state index is 0.0373. The van der Waals surface area contributed by atoms with Gasteiger partial charge in [-0.2, -0.15) is 0 Å². The predicted octanol–water partition coefficient (Wildman–Crippen LogP) is 2.85. The standard InChI is InChI=1S/C18H23N3O4S/c1-23-10-12-4-2-6-15-16(12)19-17(26-15)20-18(22)21-7-9-24-11-13(21)14-5-3-8-25-14/h2,4,6,13-14H,3,5,7-11H2,1H3,(H,19,20,22). The number of urea groups is 1. The lowest BCUT2D eigenvalue weighted by Crippen LogP contribution is -2.55. The van der Waals surface area contributed by atoms with E-state index >= 15 is 0 Å². The normalized spacial score (nSPS) is 23.5. The van der Waals surface area contributed by atoms with E-state index < -0.39 is 0 Å². The van der Waals surface area contributed by atoms with Crippen LogP contribution in [-0.2, 0) is 20.8 Å². The molecule has 2 aliphatic heterocycles. The van der Waals surface area contributed by atoms with Crippen LogP contribution in [0.1, 0.15) is 18.4 Å². The molecule has 26 heavy (non-hydrogen) atoms. The van der Waals surface area contributed by atoms with Gasteiger partial charge in [0, 0.05) is 25.8 Å². The van der Waals surface area contributed by atoms with Crippen LogP contribution in [0, 0.1) is 0 Å². The lowest BCUT2D eigenvalue weighted by Gasteiger charge is -2.38. The van der Waals surface area contributed by atoms with Crippen LogP contribution in [0.3, 0.4) is 0 Å². The molecule has 1 aromatic heterocycles. The number of nitrogens with one attached hydrogen (secondary N) is 1. The van der Waals surface area contributed by atoms with Crippen LogP contribution in [0.2, 0.25) is 0 Å². The fourth-order valence-electron chi connectivity index (χ4n) is 3.58. The molecule has 7 nitrogen and oxygen atoms in total. The van der Waals surface area contributed by atoms with E-state index in [9.17, 15) is 4.79 Å². The van der Waals surface area contributed by atoms with Gasteiger partial charge in [0.25, 0.3) is 0 Å². The van der Waals surface area contributed by atoms with Crippen molar-refractivity contribution in [2.45, 2.75) is 31.6 Å². The lowest BCUT2D eigenvalue weighted by molar-refractivity contribution is -0.0452. The first-order valence-corrected chi connectivity index (χ1v) is 9.72. The summed E-state index contributed by atoms with van der Waals surface area (Å²) in [7, 11) is 1.66. The fourth-order valence-corrected chi connectivity index (χ4v) is 4.49. The van der Waals surface area contributed by atoms with Crippen molar-refractivity contribution in [3.63, 3.8) is 0 Å². The summed E-state index contributed by atoms with van der Waals surface area (Å²) in [6.07, 6.45) is 2.07. The van der Waals surface area contributed by atoms with Gasteiger partial charge in [0.2, 0.25) is 0 Å². The van der Waals surface area contributed by atoms with E-state index in [1.165, 1.54) is 11.3 Å². The Kier molecular flexibility index (Phi) is 5.35. The molecule has 2 saturated heterocycles. The number of hydrogen-bond donors (Lipinski definition) is 1. The van der Waals surface area contributed by atoms with Crippen molar-refractivity contribution < 1.29 is 19.0 Å². The predicted molar refractivity (Wildman–Crippen MR) is 99.6 cm³/mol. The van der Waals surface area contributed by atoms with Crippen molar-refractivity contribution in [3.05, 3.63) is 23.8 Å². The Hall–Kier alpha value is -1.74. The van der Waals surface area contributed by atoms with Crippen LogP contribution in [0.5, 0.6) is 0 Å². The molecule has 0 bridgehead atoms. The Labute approximate surface area is 156 Å². The first-order chi connectivity index (χ1) is 12.8. The molecule has 2 aromatic rings. The summed E-state index contributed by atoms with van der Waals surface area (Å²) in [4.78, 5) is 19.3. The van der Waals surface area contributed by atoms with E-state index in [1.54, 1.807) is 7.11 Å². The van der Waals surface area contributed by atoms with Crippen molar-refractivity contribution in [1.29, 1.82) is 0 Å². The van der Waals surface area contributed by atoms with Gasteiger partial charge >= 0.3 is 6.03 Å². The molecule has 8 heteroatoms. The number of nitrogens with zero attached hydrogens (tertiary/aromatic N) is 2. The molecular formula is C18H23N3O4S. The fraction of sp³-hybridized carbons (Fsp3) is 0.556. The van der Waals surface area contributed by atoms with Gasteiger partial charge in [-0.3, -0.25) is 5.32 Å². The molecule has 2 unspecified atom stereocenters. The van der Waals surface area contributed by atoms with E-state index in [-0.39, 0.29) is 18.2 Å². The number of amides is 2. The maximum atomic E-state index is 12.9. The third-order valence-electron chi connectivity index (χ3n) is 4.84. The van der Waals surface area contributed by atoms with Crippen molar-refractivity contribution in [3.8, 4) is 0 Å². The Balaban J connectivity index is 1.51. The second-order valence-electron chi connectivity index (χ2n) is 6.53. The molecule has 3 heterocycles. The molecule has 2 amide bonds. The largest absolute Gasteiger partial charge is 0.380 e. The summed E-state index contributed by atoms with van der Waals surface area (Å²) in [6, 6.07) is 5.81. The van der Waals surface area contributed by atoms with E-state index in [1.807, 2.05) is 23.1 Å². The molecule has 140 valence electrons. The number of carbonyl (C=O) groups is 1. The Morgan fingerprint density at radius 1 is 1.46 bits per heavy atom. The first kappa shape index (κ1) is 17.7. The van der Waals surface area contributed by atoms with Crippen LogP contribution in [0.4, 0.5) is 9.93 Å². The van der Waals surface area contributed by atoms with Crippen LogP contribution in [-0.4, -0.2) is 61.5 Å². The molecule has 0 saturated carbocycles. The number of aromatic nitrogens is 1. The van der Waals surface area contributed by atoms with Gasteiger partial charge in [0.15, 0.2) is 5.13 Å². The number of anilines is 1. The molecule has 0 spiro atoms. The zero-order chi connectivity index (χ0) is 17.9. The molecular weight excluding hydrogens is 354 g/mol. The van der Waals surface area contributed by atoms with Gasteiger partial charge in [-0.25, -0.2) is 9.78 Å². The maximum absolute atomic E-state index is 12.9. The Bertz CT molecular complexity index is 775. The van der Waals surface area contributed by atoms with Crippen LogP contribution in [0.25, 0.3) is 10.2 Å². The van der Waals surface area contributed by atoms with Crippen molar-refractivity contribution in [2.24, 2.45) is 0 Å². The lowest BCUT2D eigenvalue weighted by atomic mass is 10.1. The summed E-state index contributed by atoms with van der Waals surface area (Å²) in [5.74, 6) is 0. The molecule has 2 atom stereocenters. The van der Waals surface area contributed by atoms with Crippen molar-refractivity contribution in [2.75, 3.05) is 38.8 Å². The number of benzene rings is 1. The zero-order valence-corrected chi connectivity index (χ0v) is 15.6. The molecule has 0 radical (unpaired) electrons. The number of hydrogen-bond acceptors (Lipinski definition) is 6. The molecule has 0 aliphatic carbocycles. The number of para-hydroxylation sites is 1. The van der Waals surface area contributed by atoms with Gasteiger partial charge in [0.1, 0.15) is 0 Å². The summed E-state index contributed by atoms with van der Waals surface area (Å²) in [5.41, 5.74) is 1.90. The van der Waals surface area contributed by atoms with E-state index in [4.69, 9.17) is 14.2 Å². The highest BCUT2D eigenvalue weighted by Crippen LogP contribution is 2.29. The summed E-state index contributed by atoms with van der Waals surface area (Å²) in [6.45, 7) is 2.90. The number of rotatable bonds is 4. The van der Waals surface area contributed by atoms with Crippen molar-refractivity contribution >= 4 is 32.7 Å². The van der Waals surface area contributed by atoms with Gasteiger partial charge < -0.3 is 19.1 Å². The van der Waals surface area contributed by atoms with Crippen molar-refractivity contribution in [1.82, 2.24) is 9.88 Å². The molecule has 4 rings (SSSR count). The van der Waals surface area contributed by atoms with Crippen LogP contribution in [0.15, 0.2) is 18.2 Å². The summed E-state index contributed by atoms with van der Waals surface area (Å²) < 4.78 is 17.6. The minimum atomic E-state index is -0.138. The second-order valence-corrected chi connectivity index (χ2v) is 7.56. The monoisotopic (exact) mass is 377 g/mol. The number of morpholine rings is 1. The number of ether oxygens (including phenoxy) is 3. The average Bonchev–Trinajstić information content (AvgIpc) is 3.32. The first-order valence-electron chi connectivity index (χ1n) is 8.90. The smallest absolute Gasteiger partial charge is 0.324 e. The van der Waals surface area contributed by atoms with E-state index in [2.05, 4.69) is 10.3 Å². The third kappa shape index (κ3) is 3.55. The second kappa shape index (κ2) is 7.87. The number of thiazole rings is 1. The number of methoxy groups -OCH3 is 1. The highest BCUT2D eigenvalue weighted by molar-refractivity contribution is 7.22. The van der Waals surface area contributed by atoms with Gasteiger partial charge in [0.05, 0.1) is 42.2 Å².